The first kappa shape index (κ1) is 11.2. The van der Waals surface area contributed by atoms with Crippen LogP contribution in [0.5, 0.6) is 0 Å². The predicted octanol–water partition coefficient (Wildman–Crippen LogP) is 2.78. The summed E-state index contributed by atoms with van der Waals surface area (Å²) in [4.78, 5) is 0. The summed E-state index contributed by atoms with van der Waals surface area (Å²) in [7, 11) is 0. The molecule has 0 fully saturated rings. The Morgan fingerprint density at radius 1 is 1.36 bits per heavy atom. The van der Waals surface area contributed by atoms with Crippen LogP contribution in [0.2, 0.25) is 0 Å². The highest BCUT2D eigenvalue weighted by Gasteiger charge is 2.18. The maximum Gasteiger partial charge on any atom is 0.101 e. The number of halogens is 1. The van der Waals surface area contributed by atoms with Gasteiger partial charge in [-0.3, -0.25) is 0 Å². The molecule has 0 aromatic heterocycles. The number of nitrogens with two attached hydrogens (primary N) is 1. The standard InChI is InChI=1S/C12H18FN/c1-9(13)8-10-6-4-5-7-11(10)12(2,3)14/h4-7,9H,8,14H2,1-3H3. The van der Waals surface area contributed by atoms with E-state index in [1.54, 1.807) is 6.92 Å². The van der Waals surface area contributed by atoms with Crippen molar-refractivity contribution in [1.29, 1.82) is 0 Å². The van der Waals surface area contributed by atoms with Crippen molar-refractivity contribution in [3.05, 3.63) is 35.4 Å². The van der Waals surface area contributed by atoms with Gasteiger partial charge < -0.3 is 5.73 Å². The van der Waals surface area contributed by atoms with Crippen molar-refractivity contribution in [3.63, 3.8) is 0 Å². The fourth-order valence-electron chi connectivity index (χ4n) is 1.63. The van der Waals surface area contributed by atoms with Crippen LogP contribution in [0.1, 0.15) is 31.9 Å². The minimum absolute atomic E-state index is 0.397. The smallest absolute Gasteiger partial charge is 0.101 e. The zero-order valence-electron chi connectivity index (χ0n) is 9.05. The first-order valence-corrected chi connectivity index (χ1v) is 4.92. The molecule has 1 atom stereocenters. The van der Waals surface area contributed by atoms with Crippen molar-refractivity contribution in [2.75, 3.05) is 0 Å². The average Bonchev–Trinajstić information content (AvgIpc) is 2.01. The van der Waals surface area contributed by atoms with Crippen LogP contribution in [-0.2, 0) is 12.0 Å². The molecular formula is C12H18FN. The molecule has 0 aliphatic rings. The topological polar surface area (TPSA) is 26.0 Å². The van der Waals surface area contributed by atoms with E-state index in [-0.39, 0.29) is 0 Å². The lowest BCUT2D eigenvalue weighted by molar-refractivity contribution is 0.357. The van der Waals surface area contributed by atoms with E-state index in [1.807, 2.05) is 38.1 Å². The van der Waals surface area contributed by atoms with Crippen LogP contribution in [0.4, 0.5) is 4.39 Å². The highest BCUT2D eigenvalue weighted by molar-refractivity contribution is 5.32. The molecule has 78 valence electrons. The second-order valence-corrected chi connectivity index (χ2v) is 4.36. The number of rotatable bonds is 3. The summed E-state index contributed by atoms with van der Waals surface area (Å²) in [5.74, 6) is 0. The minimum atomic E-state index is -0.821. The molecule has 2 N–H and O–H groups in total. The molecule has 0 amide bonds. The molecule has 0 heterocycles. The lowest BCUT2D eigenvalue weighted by Crippen LogP contribution is -2.30. The fourth-order valence-corrected chi connectivity index (χ4v) is 1.63. The van der Waals surface area contributed by atoms with Gasteiger partial charge in [-0.25, -0.2) is 4.39 Å². The summed E-state index contributed by atoms with van der Waals surface area (Å²) in [6.07, 6.45) is -0.380. The van der Waals surface area contributed by atoms with Gasteiger partial charge in [0.1, 0.15) is 6.17 Å². The Kier molecular flexibility index (Phi) is 3.27. The van der Waals surface area contributed by atoms with Gasteiger partial charge in [0.15, 0.2) is 0 Å². The average molecular weight is 195 g/mol. The van der Waals surface area contributed by atoms with Gasteiger partial charge in [0.2, 0.25) is 0 Å². The largest absolute Gasteiger partial charge is 0.322 e. The highest BCUT2D eigenvalue weighted by Crippen LogP contribution is 2.22. The Labute approximate surface area is 85.1 Å². The number of alkyl halides is 1. The number of hydrogen-bond donors (Lipinski definition) is 1. The van der Waals surface area contributed by atoms with E-state index in [2.05, 4.69) is 0 Å². The first-order chi connectivity index (χ1) is 6.41. The van der Waals surface area contributed by atoms with Crippen molar-refractivity contribution in [1.82, 2.24) is 0 Å². The molecule has 1 aromatic carbocycles. The third-order valence-electron chi connectivity index (χ3n) is 2.21. The van der Waals surface area contributed by atoms with Gasteiger partial charge >= 0.3 is 0 Å². The van der Waals surface area contributed by atoms with Crippen LogP contribution in [0, 0.1) is 0 Å². The Morgan fingerprint density at radius 2 is 1.93 bits per heavy atom. The molecule has 14 heavy (non-hydrogen) atoms. The summed E-state index contributed by atoms with van der Waals surface area (Å²) >= 11 is 0. The molecule has 0 spiro atoms. The van der Waals surface area contributed by atoms with Gasteiger partial charge in [0.25, 0.3) is 0 Å². The maximum atomic E-state index is 12.9. The predicted molar refractivity (Wildman–Crippen MR) is 57.9 cm³/mol. The van der Waals surface area contributed by atoms with Crippen LogP contribution in [-0.4, -0.2) is 6.17 Å². The minimum Gasteiger partial charge on any atom is -0.322 e. The fraction of sp³-hybridized carbons (Fsp3) is 0.500. The number of benzene rings is 1. The van der Waals surface area contributed by atoms with E-state index in [9.17, 15) is 4.39 Å². The SMILES string of the molecule is CC(F)Cc1ccccc1C(C)(C)N. The Balaban J connectivity index is 3.04. The summed E-state index contributed by atoms with van der Waals surface area (Å²) in [6, 6.07) is 7.78. The second kappa shape index (κ2) is 4.09. The van der Waals surface area contributed by atoms with E-state index in [1.165, 1.54) is 0 Å². The van der Waals surface area contributed by atoms with Gasteiger partial charge in [-0.05, 0) is 31.9 Å². The summed E-state index contributed by atoms with van der Waals surface area (Å²) in [5.41, 5.74) is 7.65. The normalized spacial score (nSPS) is 14.1. The van der Waals surface area contributed by atoms with Crippen LogP contribution >= 0.6 is 0 Å². The van der Waals surface area contributed by atoms with Crippen molar-refractivity contribution in [2.24, 2.45) is 5.73 Å². The second-order valence-electron chi connectivity index (χ2n) is 4.36. The number of hydrogen-bond acceptors (Lipinski definition) is 1. The summed E-state index contributed by atoms with van der Waals surface area (Å²) in [6.45, 7) is 5.45. The highest BCUT2D eigenvalue weighted by atomic mass is 19.1. The van der Waals surface area contributed by atoms with Crippen molar-refractivity contribution in [2.45, 2.75) is 38.9 Å². The summed E-state index contributed by atoms with van der Waals surface area (Å²) in [5, 5.41) is 0. The van der Waals surface area contributed by atoms with E-state index < -0.39 is 11.7 Å². The Hall–Kier alpha value is -0.890. The van der Waals surface area contributed by atoms with Gasteiger partial charge in [-0.1, -0.05) is 24.3 Å². The molecule has 0 bridgehead atoms. The molecule has 0 aliphatic carbocycles. The van der Waals surface area contributed by atoms with E-state index >= 15 is 0 Å². The molecule has 1 aromatic rings. The Bertz CT molecular complexity index is 299. The maximum absolute atomic E-state index is 12.9. The molecule has 0 saturated heterocycles. The lowest BCUT2D eigenvalue weighted by atomic mass is 9.89. The van der Waals surface area contributed by atoms with E-state index in [4.69, 9.17) is 5.73 Å². The molecule has 1 nitrogen and oxygen atoms in total. The van der Waals surface area contributed by atoms with Crippen molar-refractivity contribution < 1.29 is 4.39 Å². The first-order valence-electron chi connectivity index (χ1n) is 4.92. The van der Waals surface area contributed by atoms with Gasteiger partial charge in [-0.15, -0.1) is 0 Å². The third-order valence-corrected chi connectivity index (χ3v) is 2.21. The molecule has 0 saturated carbocycles. The van der Waals surface area contributed by atoms with Gasteiger partial charge in [0, 0.05) is 12.0 Å². The van der Waals surface area contributed by atoms with E-state index in [0.29, 0.717) is 6.42 Å². The van der Waals surface area contributed by atoms with Crippen molar-refractivity contribution >= 4 is 0 Å². The zero-order chi connectivity index (χ0) is 10.8. The molecule has 2 heteroatoms. The van der Waals surface area contributed by atoms with E-state index in [0.717, 1.165) is 11.1 Å². The molecule has 0 aliphatic heterocycles. The van der Waals surface area contributed by atoms with Crippen LogP contribution in [0.25, 0.3) is 0 Å². The quantitative estimate of drug-likeness (QED) is 0.788. The molecule has 1 unspecified atom stereocenters. The van der Waals surface area contributed by atoms with Crippen LogP contribution in [0.3, 0.4) is 0 Å². The third kappa shape index (κ3) is 2.81. The van der Waals surface area contributed by atoms with Crippen molar-refractivity contribution in [3.8, 4) is 0 Å². The zero-order valence-corrected chi connectivity index (χ0v) is 9.05. The van der Waals surface area contributed by atoms with Gasteiger partial charge in [0.05, 0.1) is 0 Å². The van der Waals surface area contributed by atoms with Gasteiger partial charge in [-0.2, -0.15) is 0 Å². The van der Waals surface area contributed by atoms with Crippen LogP contribution in [0.15, 0.2) is 24.3 Å². The lowest BCUT2D eigenvalue weighted by Gasteiger charge is -2.23. The molecular weight excluding hydrogens is 177 g/mol. The Morgan fingerprint density at radius 3 is 2.43 bits per heavy atom. The monoisotopic (exact) mass is 195 g/mol. The summed E-state index contributed by atoms with van der Waals surface area (Å²) < 4.78 is 12.9. The molecule has 1 rings (SSSR count). The van der Waals surface area contributed by atoms with Crippen LogP contribution < -0.4 is 5.73 Å². The molecule has 0 radical (unpaired) electrons.